The lowest BCUT2D eigenvalue weighted by molar-refractivity contribution is 0.0169. The molecule has 2 saturated heterocycles. The van der Waals surface area contributed by atoms with E-state index < -0.39 is 5.60 Å². The summed E-state index contributed by atoms with van der Waals surface area (Å²) in [6.45, 7) is 11.1. The van der Waals surface area contributed by atoms with Crippen LogP contribution in [0, 0.1) is 5.92 Å². The number of carbonyl (C=O) groups is 1. The predicted molar refractivity (Wildman–Crippen MR) is 96.1 cm³/mol. The zero-order chi connectivity index (χ0) is 17.8. The molecule has 132 valence electrons. The van der Waals surface area contributed by atoms with Crippen LogP contribution in [0.3, 0.4) is 0 Å². The topological polar surface area (TPSA) is 38.8 Å². The summed E-state index contributed by atoms with van der Waals surface area (Å²) in [5, 5.41) is 0. The van der Waals surface area contributed by atoms with Crippen molar-refractivity contribution in [3.8, 4) is 0 Å². The lowest BCUT2D eigenvalue weighted by atomic mass is 9.82. The van der Waals surface area contributed by atoms with Gasteiger partial charge in [-0.1, -0.05) is 36.9 Å². The molecule has 2 fully saturated rings. The number of nitrogens with zero attached hydrogens (tertiary/aromatic N) is 1. The summed E-state index contributed by atoms with van der Waals surface area (Å²) in [5.41, 5.74) is 4.25. The summed E-state index contributed by atoms with van der Waals surface area (Å²) in [6.07, 6.45) is 2.98. The zero-order valence-corrected chi connectivity index (χ0v) is 15.1. The number of fused-ring (bicyclic) bond motifs is 5. The summed E-state index contributed by atoms with van der Waals surface area (Å²) in [4.78, 5) is 14.8. The molecule has 0 spiro atoms. The van der Waals surface area contributed by atoms with Gasteiger partial charge in [0, 0.05) is 5.92 Å². The second-order valence-corrected chi connectivity index (χ2v) is 8.16. The maximum atomic E-state index is 12.9. The molecule has 4 nitrogen and oxygen atoms in total. The van der Waals surface area contributed by atoms with E-state index in [1.54, 1.807) is 0 Å². The van der Waals surface area contributed by atoms with Gasteiger partial charge in [0.1, 0.15) is 5.60 Å². The molecule has 1 aromatic rings. The van der Waals surface area contributed by atoms with Gasteiger partial charge in [0.15, 0.2) is 0 Å². The normalized spacial score (nSPS) is 29.4. The molecule has 4 rings (SSSR count). The van der Waals surface area contributed by atoms with E-state index in [-0.39, 0.29) is 24.1 Å². The molecule has 0 radical (unpaired) electrons. The maximum Gasteiger partial charge on any atom is 0.411 e. The van der Waals surface area contributed by atoms with E-state index in [1.807, 2.05) is 31.7 Å². The summed E-state index contributed by atoms with van der Waals surface area (Å²) >= 11 is 0. The van der Waals surface area contributed by atoms with Gasteiger partial charge in [-0.25, -0.2) is 4.79 Å². The van der Waals surface area contributed by atoms with Gasteiger partial charge in [-0.15, -0.1) is 0 Å². The smallest absolute Gasteiger partial charge is 0.411 e. The lowest BCUT2D eigenvalue weighted by Crippen LogP contribution is -2.35. The van der Waals surface area contributed by atoms with Crippen LogP contribution in [-0.4, -0.2) is 29.8 Å². The number of hydrogen-bond donors (Lipinski definition) is 0. The highest BCUT2D eigenvalue weighted by atomic mass is 16.6. The Hall–Kier alpha value is -2.07. The van der Waals surface area contributed by atoms with Crippen LogP contribution >= 0.6 is 0 Å². The fourth-order valence-electron chi connectivity index (χ4n) is 4.26. The minimum absolute atomic E-state index is 0.0388. The van der Waals surface area contributed by atoms with Crippen LogP contribution in [0.25, 0.3) is 0 Å². The molecule has 4 heteroatoms. The van der Waals surface area contributed by atoms with Crippen molar-refractivity contribution in [2.75, 3.05) is 13.2 Å². The van der Waals surface area contributed by atoms with E-state index in [2.05, 4.69) is 30.9 Å². The van der Waals surface area contributed by atoms with Crippen molar-refractivity contribution in [2.24, 2.45) is 5.92 Å². The van der Waals surface area contributed by atoms with Crippen molar-refractivity contribution in [3.63, 3.8) is 0 Å². The monoisotopic (exact) mass is 339 g/mol. The molecule has 0 N–H and O–H groups in total. The molecule has 3 aliphatic rings. The number of ether oxygens (including phenoxy) is 2. The maximum absolute atomic E-state index is 12.9. The van der Waals surface area contributed by atoms with E-state index in [0.717, 1.165) is 12.0 Å². The first-order valence-corrected chi connectivity index (χ1v) is 8.92. The third kappa shape index (κ3) is 2.78. The number of amides is 1. The third-order valence-corrected chi connectivity index (χ3v) is 5.22. The Kier molecular flexibility index (Phi) is 3.76. The molecule has 3 atom stereocenters. The van der Waals surface area contributed by atoms with Gasteiger partial charge in [-0.05, 0) is 49.5 Å². The molecule has 2 unspecified atom stereocenters. The first-order valence-electron chi connectivity index (χ1n) is 8.92. The highest BCUT2D eigenvalue weighted by Crippen LogP contribution is 2.57. The molecular weight excluding hydrogens is 314 g/mol. The third-order valence-electron chi connectivity index (χ3n) is 5.22. The molecule has 3 aliphatic heterocycles. The molecule has 0 aromatic heterocycles. The second-order valence-electron chi connectivity index (χ2n) is 8.16. The van der Waals surface area contributed by atoms with Crippen LogP contribution in [0.5, 0.6) is 0 Å². The summed E-state index contributed by atoms with van der Waals surface area (Å²) in [5.74, 6) is 0.279. The highest BCUT2D eigenvalue weighted by molar-refractivity contribution is 5.72. The molecule has 0 aliphatic carbocycles. The summed E-state index contributed by atoms with van der Waals surface area (Å²) in [7, 11) is 0. The molecule has 1 aromatic carbocycles. The number of benzene rings is 1. The van der Waals surface area contributed by atoms with Gasteiger partial charge in [0.2, 0.25) is 0 Å². The van der Waals surface area contributed by atoms with Crippen molar-refractivity contribution in [1.29, 1.82) is 0 Å². The summed E-state index contributed by atoms with van der Waals surface area (Å²) in [6, 6.07) is 8.51. The van der Waals surface area contributed by atoms with Crippen molar-refractivity contribution < 1.29 is 14.3 Å². The number of rotatable bonds is 1. The average molecular weight is 339 g/mol. The Morgan fingerprint density at radius 1 is 1.28 bits per heavy atom. The van der Waals surface area contributed by atoms with E-state index >= 15 is 0 Å². The fourth-order valence-corrected chi connectivity index (χ4v) is 4.26. The highest BCUT2D eigenvalue weighted by Gasteiger charge is 2.52. The van der Waals surface area contributed by atoms with E-state index in [4.69, 9.17) is 9.47 Å². The Labute approximate surface area is 149 Å². The van der Waals surface area contributed by atoms with Crippen LogP contribution in [-0.2, 0) is 9.47 Å². The van der Waals surface area contributed by atoms with Crippen molar-refractivity contribution in [2.45, 2.75) is 44.9 Å². The number of hydrogen-bond acceptors (Lipinski definition) is 3. The molecule has 3 heterocycles. The quantitative estimate of drug-likeness (QED) is 0.753. The average Bonchev–Trinajstić information content (AvgIpc) is 3.19. The van der Waals surface area contributed by atoms with Gasteiger partial charge in [-0.2, -0.15) is 0 Å². The van der Waals surface area contributed by atoms with E-state index in [0.29, 0.717) is 13.2 Å². The van der Waals surface area contributed by atoms with Crippen molar-refractivity contribution in [1.82, 2.24) is 4.90 Å². The minimum Gasteiger partial charge on any atom is -0.444 e. The Balaban J connectivity index is 1.68. The minimum atomic E-state index is -0.493. The largest absolute Gasteiger partial charge is 0.444 e. The van der Waals surface area contributed by atoms with Crippen LogP contribution in [0.15, 0.2) is 48.1 Å². The first-order chi connectivity index (χ1) is 11.8. The van der Waals surface area contributed by atoms with Crippen molar-refractivity contribution in [3.05, 3.63) is 59.2 Å². The summed E-state index contributed by atoms with van der Waals surface area (Å²) < 4.78 is 11.2. The van der Waals surface area contributed by atoms with Crippen LogP contribution in [0.2, 0.25) is 0 Å². The van der Waals surface area contributed by atoms with Gasteiger partial charge >= 0.3 is 6.09 Å². The zero-order valence-electron chi connectivity index (χ0n) is 15.1. The number of carbonyl (C=O) groups excluding carboxylic acids is 1. The van der Waals surface area contributed by atoms with Crippen LogP contribution in [0.4, 0.5) is 4.79 Å². The second kappa shape index (κ2) is 5.73. The van der Waals surface area contributed by atoms with E-state index in [1.165, 1.54) is 16.7 Å². The predicted octanol–water partition coefficient (Wildman–Crippen LogP) is 4.55. The Morgan fingerprint density at radius 3 is 2.64 bits per heavy atom. The Bertz CT molecular complexity index is 759. The van der Waals surface area contributed by atoms with Gasteiger partial charge in [0.25, 0.3) is 0 Å². The lowest BCUT2D eigenvalue weighted by Gasteiger charge is -2.28. The molecule has 1 amide bonds. The molecular formula is C21H25NO3. The molecule has 0 saturated carbocycles. The standard InChI is InChI=1S/C21H25NO3/c1-13-11-24-12-15(13)9-14-10-18-16-7-5-6-8-17(16)19(14)22(18)20(23)25-21(2,3)4/h5-9,14,18-19H,1,10-12H2,2-4H3/b15-9-/t14-,18?,19?/m1/s1. The fraction of sp³-hybridized carbons (Fsp3) is 0.476. The Morgan fingerprint density at radius 2 is 2.00 bits per heavy atom. The van der Waals surface area contributed by atoms with Gasteiger partial charge < -0.3 is 9.47 Å². The van der Waals surface area contributed by atoms with Gasteiger partial charge in [-0.3, -0.25) is 4.90 Å². The van der Waals surface area contributed by atoms with E-state index in [9.17, 15) is 4.79 Å². The molecule has 25 heavy (non-hydrogen) atoms. The van der Waals surface area contributed by atoms with Crippen LogP contribution < -0.4 is 0 Å². The first kappa shape index (κ1) is 16.4. The van der Waals surface area contributed by atoms with Crippen molar-refractivity contribution >= 4 is 6.09 Å². The van der Waals surface area contributed by atoms with Gasteiger partial charge in [0.05, 0.1) is 25.3 Å². The SMILES string of the molecule is C=C1COC/C1=C/[C@@H]1CC2c3ccccc3C1N2C(=O)OC(C)(C)C. The molecule has 2 bridgehead atoms. The van der Waals surface area contributed by atoms with Crippen LogP contribution in [0.1, 0.15) is 50.4 Å².